The minimum absolute atomic E-state index is 0.0332. The fraction of sp³-hybridized carbons (Fsp3) is 0. The molecule has 3 rings (SSSR count). The van der Waals surface area contributed by atoms with E-state index in [0.29, 0.717) is 15.9 Å². The van der Waals surface area contributed by atoms with Gasteiger partial charge >= 0.3 is 0 Å². The predicted octanol–water partition coefficient (Wildman–Crippen LogP) is 0.907. The Hall–Kier alpha value is -2.76. The highest BCUT2D eigenvalue weighted by atomic mass is 16.5. The van der Waals surface area contributed by atoms with E-state index in [1.165, 1.54) is 0 Å². The highest BCUT2D eigenvalue weighted by Crippen LogP contribution is 2.21. The molecule has 0 aliphatic heterocycles. The van der Waals surface area contributed by atoms with Crippen molar-refractivity contribution in [1.82, 2.24) is 15.1 Å². The first kappa shape index (κ1) is 10.4. The lowest BCUT2D eigenvalue weighted by Gasteiger charge is -2.03. The van der Waals surface area contributed by atoms with Crippen LogP contribution in [0, 0.1) is 5.21 Å². The standard InChI is InChI=1S/C12H9N5O/c13-12-15-10-2-1-9(7-11(10)17(18)16-12)8-3-5-14-6-4-8/h1-7H,(H2,13,15,16). The summed E-state index contributed by atoms with van der Waals surface area (Å²) in [6.07, 6.45) is 3.40. The lowest BCUT2D eigenvalue weighted by Crippen LogP contribution is -2.33. The van der Waals surface area contributed by atoms with Gasteiger partial charge in [0.2, 0.25) is 0 Å². The first-order valence-corrected chi connectivity index (χ1v) is 5.31. The molecule has 0 spiro atoms. The van der Waals surface area contributed by atoms with Gasteiger partial charge in [-0.15, -0.1) is 0 Å². The van der Waals surface area contributed by atoms with Crippen LogP contribution in [0.2, 0.25) is 0 Å². The molecule has 88 valence electrons. The predicted molar refractivity (Wildman–Crippen MR) is 66.1 cm³/mol. The molecule has 0 saturated carbocycles. The Morgan fingerprint density at radius 2 is 1.83 bits per heavy atom. The van der Waals surface area contributed by atoms with Crippen LogP contribution in [-0.2, 0) is 0 Å². The van der Waals surface area contributed by atoms with E-state index in [9.17, 15) is 5.21 Å². The maximum Gasteiger partial charge on any atom is 0.288 e. The molecule has 0 aliphatic carbocycles. The number of pyridine rings is 1. The van der Waals surface area contributed by atoms with Crippen molar-refractivity contribution in [3.8, 4) is 11.1 Å². The molecule has 0 unspecified atom stereocenters. The second-order valence-electron chi connectivity index (χ2n) is 3.78. The van der Waals surface area contributed by atoms with Crippen LogP contribution in [0.3, 0.4) is 0 Å². The van der Waals surface area contributed by atoms with E-state index in [1.54, 1.807) is 24.5 Å². The lowest BCUT2D eigenvalue weighted by atomic mass is 10.1. The van der Waals surface area contributed by atoms with Gasteiger partial charge in [0.15, 0.2) is 0 Å². The van der Waals surface area contributed by atoms with Crippen molar-refractivity contribution in [3.63, 3.8) is 0 Å². The topological polar surface area (TPSA) is 91.6 Å². The molecule has 0 saturated heterocycles. The van der Waals surface area contributed by atoms with Crippen molar-refractivity contribution in [2.75, 3.05) is 5.73 Å². The molecule has 18 heavy (non-hydrogen) atoms. The third-order valence-electron chi connectivity index (χ3n) is 2.62. The van der Waals surface area contributed by atoms with E-state index in [2.05, 4.69) is 15.1 Å². The number of nitrogen functional groups attached to an aromatic ring is 1. The molecule has 2 heterocycles. The highest BCUT2D eigenvalue weighted by molar-refractivity contribution is 5.79. The summed E-state index contributed by atoms with van der Waals surface area (Å²) < 4.78 is 0. The van der Waals surface area contributed by atoms with Crippen LogP contribution in [0.5, 0.6) is 0 Å². The average molecular weight is 239 g/mol. The molecule has 6 heteroatoms. The Bertz CT molecular complexity index is 714. The van der Waals surface area contributed by atoms with Crippen LogP contribution in [0.4, 0.5) is 5.95 Å². The molecule has 0 radical (unpaired) electrons. The number of fused-ring (bicyclic) bond motifs is 1. The number of aromatic nitrogens is 4. The van der Waals surface area contributed by atoms with Crippen molar-refractivity contribution < 1.29 is 4.85 Å². The van der Waals surface area contributed by atoms with Gasteiger partial charge in [-0.25, -0.2) is 4.98 Å². The van der Waals surface area contributed by atoms with Gasteiger partial charge in [0, 0.05) is 18.5 Å². The van der Waals surface area contributed by atoms with Crippen LogP contribution < -0.4 is 10.6 Å². The Labute approximate surface area is 102 Å². The van der Waals surface area contributed by atoms with E-state index in [0.717, 1.165) is 11.1 Å². The van der Waals surface area contributed by atoms with Crippen LogP contribution in [0.15, 0.2) is 42.7 Å². The quantitative estimate of drug-likeness (QED) is 0.503. The summed E-state index contributed by atoms with van der Waals surface area (Å²) >= 11 is 0. The number of hydrogen-bond donors (Lipinski definition) is 1. The first-order chi connectivity index (χ1) is 8.74. The van der Waals surface area contributed by atoms with Gasteiger partial charge in [-0.05, 0) is 34.2 Å². The largest absolute Gasteiger partial charge is 0.594 e. The third kappa shape index (κ3) is 1.69. The van der Waals surface area contributed by atoms with Crippen LogP contribution in [-0.4, -0.2) is 15.1 Å². The molecule has 0 fully saturated rings. The van der Waals surface area contributed by atoms with Gasteiger partial charge in [-0.2, -0.15) is 0 Å². The van der Waals surface area contributed by atoms with Crippen LogP contribution >= 0.6 is 0 Å². The molecule has 0 atom stereocenters. The zero-order chi connectivity index (χ0) is 12.5. The molecule has 0 bridgehead atoms. The fourth-order valence-corrected chi connectivity index (χ4v) is 1.79. The van der Waals surface area contributed by atoms with Crippen molar-refractivity contribution in [2.24, 2.45) is 0 Å². The Morgan fingerprint density at radius 1 is 1.06 bits per heavy atom. The highest BCUT2D eigenvalue weighted by Gasteiger charge is 2.10. The number of anilines is 1. The smallest absolute Gasteiger partial charge is 0.288 e. The summed E-state index contributed by atoms with van der Waals surface area (Å²) in [5.74, 6) is -0.0332. The molecule has 1 aromatic carbocycles. The monoisotopic (exact) mass is 239 g/mol. The average Bonchev–Trinajstić information content (AvgIpc) is 2.39. The molecule has 0 aliphatic rings. The van der Waals surface area contributed by atoms with Gasteiger partial charge in [-0.1, -0.05) is 6.07 Å². The summed E-state index contributed by atoms with van der Waals surface area (Å²) in [4.78, 5) is 8.45. The van der Waals surface area contributed by atoms with Crippen molar-refractivity contribution in [2.45, 2.75) is 0 Å². The molecule has 2 aromatic heterocycles. The fourth-order valence-electron chi connectivity index (χ4n) is 1.79. The molecule has 0 amide bonds. The Kier molecular flexibility index (Phi) is 2.26. The van der Waals surface area contributed by atoms with Crippen molar-refractivity contribution in [1.29, 1.82) is 0 Å². The SMILES string of the molecule is Nc1nc2ccc(-c3ccncc3)cc2[n+]([O-])n1. The number of hydrogen-bond acceptors (Lipinski definition) is 5. The van der Waals surface area contributed by atoms with Crippen molar-refractivity contribution in [3.05, 3.63) is 47.9 Å². The van der Waals surface area contributed by atoms with E-state index in [-0.39, 0.29) is 5.95 Å². The summed E-state index contributed by atoms with van der Waals surface area (Å²) in [5, 5.41) is 15.2. The molecule has 6 nitrogen and oxygen atoms in total. The lowest BCUT2D eigenvalue weighted by molar-refractivity contribution is -0.641. The molecular formula is C12H9N5O. The van der Waals surface area contributed by atoms with Crippen LogP contribution in [0.1, 0.15) is 0 Å². The molecule has 3 aromatic rings. The number of nitrogens with two attached hydrogens (primary N) is 1. The normalized spacial score (nSPS) is 10.7. The maximum atomic E-state index is 11.7. The minimum atomic E-state index is -0.0332. The van der Waals surface area contributed by atoms with Gasteiger partial charge in [-0.3, -0.25) is 4.98 Å². The number of rotatable bonds is 1. The van der Waals surface area contributed by atoms with Gasteiger partial charge < -0.3 is 10.9 Å². The number of benzene rings is 1. The zero-order valence-corrected chi connectivity index (χ0v) is 9.32. The van der Waals surface area contributed by atoms with E-state index < -0.39 is 0 Å². The number of nitrogens with zero attached hydrogens (tertiary/aromatic N) is 4. The second kappa shape index (κ2) is 3.92. The van der Waals surface area contributed by atoms with Gasteiger partial charge in [0.1, 0.15) is 5.52 Å². The van der Waals surface area contributed by atoms with Crippen LogP contribution in [0.25, 0.3) is 22.2 Å². The molecule has 2 N–H and O–H groups in total. The summed E-state index contributed by atoms with van der Waals surface area (Å²) in [6, 6.07) is 9.10. The molecular weight excluding hydrogens is 230 g/mol. The summed E-state index contributed by atoms with van der Waals surface area (Å²) in [7, 11) is 0. The first-order valence-electron chi connectivity index (χ1n) is 5.31. The second-order valence-corrected chi connectivity index (χ2v) is 3.78. The Morgan fingerprint density at radius 3 is 2.61 bits per heavy atom. The maximum absolute atomic E-state index is 11.7. The van der Waals surface area contributed by atoms with E-state index in [1.807, 2.05) is 18.2 Å². The third-order valence-corrected chi connectivity index (χ3v) is 2.62. The minimum Gasteiger partial charge on any atom is -0.594 e. The summed E-state index contributed by atoms with van der Waals surface area (Å²) in [5.41, 5.74) is 8.21. The van der Waals surface area contributed by atoms with E-state index in [4.69, 9.17) is 5.73 Å². The Balaban J connectivity index is 2.23. The summed E-state index contributed by atoms with van der Waals surface area (Å²) in [6.45, 7) is 0. The van der Waals surface area contributed by atoms with Gasteiger partial charge in [0.25, 0.3) is 11.5 Å². The van der Waals surface area contributed by atoms with Crippen molar-refractivity contribution >= 4 is 17.0 Å². The van der Waals surface area contributed by atoms with E-state index >= 15 is 0 Å². The zero-order valence-electron chi connectivity index (χ0n) is 9.32. The van der Waals surface area contributed by atoms with Gasteiger partial charge in [0.05, 0.1) is 5.10 Å².